The van der Waals surface area contributed by atoms with Gasteiger partial charge in [0.1, 0.15) is 12.3 Å². The number of halogens is 1. The van der Waals surface area contributed by atoms with Gasteiger partial charge in [0, 0.05) is 0 Å². The van der Waals surface area contributed by atoms with E-state index in [4.69, 9.17) is 10.2 Å². The molecule has 0 bridgehead atoms. The normalized spacial score (nSPS) is 16.8. The smallest absolute Gasteiger partial charge is 0.306 e. The van der Waals surface area contributed by atoms with Crippen LogP contribution in [0.4, 0.5) is 4.39 Å². The Morgan fingerprint density at radius 2 is 2.22 bits per heavy atom. The van der Waals surface area contributed by atoms with Crippen LogP contribution in [0.25, 0.3) is 0 Å². The standard InChI is InChI=1S/C5H9FO3/c1-5(9,3-6)2-4(7)8/h9H,2-3H2,1H3,(H,7,8). The van der Waals surface area contributed by atoms with Crippen molar-refractivity contribution in [2.45, 2.75) is 18.9 Å². The lowest BCUT2D eigenvalue weighted by Gasteiger charge is -2.14. The highest BCUT2D eigenvalue weighted by Crippen LogP contribution is 2.08. The quantitative estimate of drug-likeness (QED) is 0.582. The zero-order valence-corrected chi connectivity index (χ0v) is 5.09. The first-order chi connectivity index (χ1) is 3.98. The molecule has 0 amide bonds. The summed E-state index contributed by atoms with van der Waals surface area (Å²) in [6, 6.07) is 0. The molecule has 0 fully saturated rings. The first-order valence-electron chi connectivity index (χ1n) is 2.48. The van der Waals surface area contributed by atoms with Crippen LogP contribution in [0.15, 0.2) is 0 Å². The third-order valence-corrected chi connectivity index (χ3v) is 0.820. The van der Waals surface area contributed by atoms with Crippen LogP contribution in [0.5, 0.6) is 0 Å². The average Bonchev–Trinajstić information content (AvgIpc) is 1.63. The Hall–Kier alpha value is -0.640. The van der Waals surface area contributed by atoms with Crippen molar-refractivity contribution in [2.75, 3.05) is 6.67 Å². The van der Waals surface area contributed by atoms with E-state index in [1.54, 1.807) is 0 Å². The van der Waals surface area contributed by atoms with Gasteiger partial charge in [0.15, 0.2) is 0 Å². The Kier molecular flexibility index (Phi) is 2.58. The maximum absolute atomic E-state index is 11.6. The number of hydrogen-bond acceptors (Lipinski definition) is 2. The van der Waals surface area contributed by atoms with Gasteiger partial charge in [-0.05, 0) is 6.92 Å². The molecular formula is C5H9FO3. The number of hydrogen-bond donors (Lipinski definition) is 2. The van der Waals surface area contributed by atoms with Crippen LogP contribution < -0.4 is 0 Å². The first kappa shape index (κ1) is 8.36. The number of aliphatic hydroxyl groups is 1. The van der Waals surface area contributed by atoms with E-state index in [0.29, 0.717) is 0 Å². The molecule has 0 aliphatic carbocycles. The molecular weight excluding hydrogens is 127 g/mol. The number of carboxylic acids is 1. The van der Waals surface area contributed by atoms with E-state index < -0.39 is 24.7 Å². The van der Waals surface area contributed by atoms with Crippen molar-refractivity contribution in [1.29, 1.82) is 0 Å². The average molecular weight is 136 g/mol. The molecule has 0 rings (SSSR count). The third kappa shape index (κ3) is 3.90. The molecule has 4 heteroatoms. The third-order valence-electron chi connectivity index (χ3n) is 0.820. The fourth-order valence-corrected chi connectivity index (χ4v) is 0.373. The fraction of sp³-hybridized carbons (Fsp3) is 0.800. The lowest BCUT2D eigenvalue weighted by molar-refractivity contribution is -0.142. The summed E-state index contributed by atoms with van der Waals surface area (Å²) in [6.07, 6.45) is -0.552. The molecule has 0 aromatic carbocycles. The van der Waals surface area contributed by atoms with E-state index in [1.807, 2.05) is 0 Å². The topological polar surface area (TPSA) is 57.5 Å². The summed E-state index contributed by atoms with van der Waals surface area (Å²) >= 11 is 0. The molecule has 0 saturated heterocycles. The second kappa shape index (κ2) is 2.77. The van der Waals surface area contributed by atoms with Crippen molar-refractivity contribution < 1.29 is 19.4 Å². The summed E-state index contributed by atoms with van der Waals surface area (Å²) in [5.41, 5.74) is -1.70. The maximum Gasteiger partial charge on any atom is 0.306 e. The van der Waals surface area contributed by atoms with Crippen LogP contribution in [0.1, 0.15) is 13.3 Å². The molecule has 0 aliphatic heterocycles. The van der Waals surface area contributed by atoms with Crippen molar-refractivity contribution in [3.63, 3.8) is 0 Å². The lowest BCUT2D eigenvalue weighted by Crippen LogP contribution is -2.29. The molecule has 0 aromatic heterocycles. The van der Waals surface area contributed by atoms with Gasteiger partial charge in [-0.2, -0.15) is 0 Å². The van der Waals surface area contributed by atoms with E-state index in [9.17, 15) is 9.18 Å². The van der Waals surface area contributed by atoms with Crippen molar-refractivity contribution in [3.05, 3.63) is 0 Å². The van der Waals surface area contributed by atoms with Crippen LogP contribution in [0.3, 0.4) is 0 Å². The Bertz CT molecular complexity index is 111. The maximum atomic E-state index is 11.6. The van der Waals surface area contributed by atoms with E-state index in [-0.39, 0.29) is 0 Å². The van der Waals surface area contributed by atoms with Gasteiger partial charge in [0.2, 0.25) is 0 Å². The van der Waals surface area contributed by atoms with Crippen LogP contribution in [0.2, 0.25) is 0 Å². The molecule has 0 radical (unpaired) electrons. The SMILES string of the molecule is CC(O)(CF)CC(=O)O. The first-order valence-corrected chi connectivity index (χ1v) is 2.48. The zero-order valence-electron chi connectivity index (χ0n) is 5.09. The Morgan fingerprint density at radius 1 is 1.78 bits per heavy atom. The number of alkyl halides is 1. The molecule has 1 unspecified atom stereocenters. The van der Waals surface area contributed by atoms with Gasteiger partial charge >= 0.3 is 5.97 Å². The Balaban J connectivity index is 3.71. The number of carboxylic acid groups (broad SMARTS) is 1. The predicted molar refractivity (Wildman–Crippen MR) is 28.9 cm³/mol. The van der Waals surface area contributed by atoms with E-state index in [1.165, 1.54) is 0 Å². The van der Waals surface area contributed by atoms with Gasteiger partial charge in [-0.1, -0.05) is 0 Å². The van der Waals surface area contributed by atoms with Crippen molar-refractivity contribution in [2.24, 2.45) is 0 Å². The number of rotatable bonds is 3. The second-order valence-corrected chi connectivity index (χ2v) is 2.20. The predicted octanol–water partition coefficient (Wildman–Crippen LogP) is 0.182. The Labute approximate surface area is 52.1 Å². The highest BCUT2D eigenvalue weighted by Gasteiger charge is 2.23. The van der Waals surface area contributed by atoms with Gasteiger partial charge in [-0.25, -0.2) is 4.39 Å². The van der Waals surface area contributed by atoms with Gasteiger partial charge in [0.05, 0.1) is 6.42 Å². The van der Waals surface area contributed by atoms with Gasteiger partial charge in [0.25, 0.3) is 0 Å². The molecule has 0 aromatic rings. The molecule has 0 saturated carbocycles. The minimum Gasteiger partial charge on any atom is -0.481 e. The molecule has 0 aliphatic rings. The summed E-state index contributed by atoms with van der Waals surface area (Å²) in [7, 11) is 0. The zero-order chi connectivity index (χ0) is 7.49. The van der Waals surface area contributed by atoms with E-state index in [2.05, 4.69) is 0 Å². The highest BCUT2D eigenvalue weighted by molar-refractivity contribution is 5.68. The van der Waals surface area contributed by atoms with E-state index >= 15 is 0 Å². The monoisotopic (exact) mass is 136 g/mol. The molecule has 54 valence electrons. The van der Waals surface area contributed by atoms with Crippen LogP contribution in [-0.4, -0.2) is 28.5 Å². The van der Waals surface area contributed by atoms with Gasteiger partial charge in [-0.15, -0.1) is 0 Å². The summed E-state index contributed by atoms with van der Waals surface area (Å²) in [4.78, 5) is 9.85. The van der Waals surface area contributed by atoms with Crippen molar-refractivity contribution in [3.8, 4) is 0 Å². The summed E-state index contributed by atoms with van der Waals surface area (Å²) in [5, 5.41) is 16.8. The highest BCUT2D eigenvalue weighted by atomic mass is 19.1. The van der Waals surface area contributed by atoms with Gasteiger partial charge < -0.3 is 10.2 Å². The molecule has 3 nitrogen and oxygen atoms in total. The molecule has 0 spiro atoms. The van der Waals surface area contributed by atoms with Crippen LogP contribution in [0, 0.1) is 0 Å². The Morgan fingerprint density at radius 3 is 2.33 bits per heavy atom. The van der Waals surface area contributed by atoms with E-state index in [0.717, 1.165) is 6.92 Å². The van der Waals surface area contributed by atoms with Crippen LogP contribution in [-0.2, 0) is 4.79 Å². The second-order valence-electron chi connectivity index (χ2n) is 2.20. The molecule has 1 atom stereocenters. The lowest BCUT2D eigenvalue weighted by atomic mass is 10.1. The number of aliphatic carboxylic acids is 1. The molecule has 2 N–H and O–H groups in total. The molecule has 0 heterocycles. The minimum absolute atomic E-state index is 0.552. The largest absolute Gasteiger partial charge is 0.481 e. The summed E-state index contributed by atoms with van der Waals surface area (Å²) in [5.74, 6) is -1.20. The number of carbonyl (C=O) groups is 1. The summed E-state index contributed by atoms with van der Waals surface area (Å²) in [6.45, 7) is 0.112. The van der Waals surface area contributed by atoms with Crippen molar-refractivity contribution in [1.82, 2.24) is 0 Å². The molecule has 9 heavy (non-hydrogen) atoms. The van der Waals surface area contributed by atoms with Crippen molar-refractivity contribution >= 4 is 5.97 Å². The van der Waals surface area contributed by atoms with Crippen LogP contribution >= 0.6 is 0 Å². The van der Waals surface area contributed by atoms with Gasteiger partial charge in [-0.3, -0.25) is 4.79 Å². The summed E-state index contributed by atoms with van der Waals surface area (Å²) < 4.78 is 11.6. The minimum atomic E-state index is -1.70. The fourth-order valence-electron chi connectivity index (χ4n) is 0.373.